The number of carbonyl (C=O) groups is 1. The number of aromatic carboxylic acids is 1. The van der Waals surface area contributed by atoms with E-state index in [9.17, 15) is 18.3 Å². The summed E-state index contributed by atoms with van der Waals surface area (Å²) >= 11 is 0. The third-order valence-corrected chi connectivity index (χ3v) is 4.84. The zero-order valence-corrected chi connectivity index (χ0v) is 13.7. The normalized spacial score (nSPS) is 11.6. The molecule has 0 saturated carbocycles. The Bertz CT molecular complexity index is 851. The molecule has 1 heterocycles. The van der Waals surface area contributed by atoms with E-state index in [1.807, 2.05) is 24.6 Å². The second-order valence-electron chi connectivity index (χ2n) is 5.36. The lowest BCUT2D eigenvalue weighted by Gasteiger charge is -2.14. The van der Waals surface area contributed by atoms with Crippen LogP contribution in [0.4, 0.5) is 0 Å². The number of aromatic nitrogens is 2. The predicted molar refractivity (Wildman–Crippen MR) is 82.1 cm³/mol. The van der Waals surface area contributed by atoms with Gasteiger partial charge in [0.05, 0.1) is 22.7 Å². The maximum atomic E-state index is 12.1. The molecule has 2 aromatic rings. The molecule has 0 bridgehead atoms. The van der Waals surface area contributed by atoms with Crippen LogP contribution in [0.2, 0.25) is 0 Å². The Morgan fingerprint density at radius 2 is 1.91 bits per heavy atom. The summed E-state index contributed by atoms with van der Waals surface area (Å²) in [7, 11) is -3.54. The third-order valence-electron chi connectivity index (χ3n) is 3.53. The molecular weight excluding hydrogens is 304 g/mol. The summed E-state index contributed by atoms with van der Waals surface area (Å²) in [6, 6.07) is 3.00. The Morgan fingerprint density at radius 1 is 1.27 bits per heavy atom. The van der Waals surface area contributed by atoms with Gasteiger partial charge in [-0.3, -0.25) is 0 Å². The van der Waals surface area contributed by atoms with Crippen molar-refractivity contribution in [1.82, 2.24) is 9.55 Å². The SMILES string of the molecule is Cc1cn(Cc2ccc(C(=O)O)c(C)c2S(C)(=O)=O)c(C)n1. The van der Waals surface area contributed by atoms with Gasteiger partial charge in [-0.25, -0.2) is 18.2 Å². The van der Waals surface area contributed by atoms with E-state index < -0.39 is 15.8 Å². The summed E-state index contributed by atoms with van der Waals surface area (Å²) in [5.74, 6) is -0.361. The maximum Gasteiger partial charge on any atom is 0.335 e. The Hall–Kier alpha value is -2.15. The summed E-state index contributed by atoms with van der Waals surface area (Å²) in [6.45, 7) is 5.55. The van der Waals surface area contributed by atoms with Crippen molar-refractivity contribution in [3.8, 4) is 0 Å². The summed E-state index contributed by atoms with van der Waals surface area (Å²) in [5.41, 5.74) is 1.67. The number of nitrogens with zero attached hydrogens (tertiary/aromatic N) is 2. The van der Waals surface area contributed by atoms with Crippen molar-refractivity contribution in [3.05, 3.63) is 46.5 Å². The molecule has 0 saturated heterocycles. The highest BCUT2D eigenvalue weighted by molar-refractivity contribution is 7.90. The number of aryl methyl sites for hydroxylation is 2. The fourth-order valence-corrected chi connectivity index (χ4v) is 3.91. The van der Waals surface area contributed by atoms with Gasteiger partial charge in [-0.1, -0.05) is 6.07 Å². The Kier molecular flexibility index (Phi) is 4.10. The minimum Gasteiger partial charge on any atom is -0.478 e. The smallest absolute Gasteiger partial charge is 0.335 e. The predicted octanol–water partition coefficient (Wildman–Crippen LogP) is 1.96. The zero-order chi connectivity index (χ0) is 16.7. The molecule has 118 valence electrons. The molecule has 0 atom stereocenters. The molecule has 7 heteroatoms. The number of hydrogen-bond donors (Lipinski definition) is 1. The first-order valence-corrected chi connectivity index (χ1v) is 8.56. The van der Waals surface area contributed by atoms with E-state index in [1.165, 1.54) is 13.0 Å². The van der Waals surface area contributed by atoms with Crippen LogP contribution in [0.25, 0.3) is 0 Å². The molecule has 0 fully saturated rings. The lowest BCUT2D eigenvalue weighted by molar-refractivity contribution is 0.0695. The molecule has 1 aromatic heterocycles. The van der Waals surface area contributed by atoms with Crippen LogP contribution in [0.1, 0.15) is 33.0 Å². The van der Waals surface area contributed by atoms with Crippen LogP contribution < -0.4 is 0 Å². The van der Waals surface area contributed by atoms with Gasteiger partial charge in [0.2, 0.25) is 0 Å². The van der Waals surface area contributed by atoms with E-state index >= 15 is 0 Å². The summed E-state index contributed by atoms with van der Waals surface area (Å²) < 4.78 is 26.1. The molecule has 0 spiro atoms. The fraction of sp³-hybridized carbons (Fsp3) is 0.333. The van der Waals surface area contributed by atoms with Crippen molar-refractivity contribution in [2.75, 3.05) is 6.26 Å². The van der Waals surface area contributed by atoms with Crippen LogP contribution in [0.3, 0.4) is 0 Å². The molecule has 0 unspecified atom stereocenters. The number of carboxylic acid groups (broad SMARTS) is 1. The van der Waals surface area contributed by atoms with Crippen LogP contribution in [0.5, 0.6) is 0 Å². The van der Waals surface area contributed by atoms with Crippen molar-refractivity contribution in [2.24, 2.45) is 0 Å². The average molecular weight is 322 g/mol. The van der Waals surface area contributed by atoms with E-state index in [0.29, 0.717) is 12.1 Å². The molecule has 2 rings (SSSR count). The highest BCUT2D eigenvalue weighted by Gasteiger charge is 2.22. The summed E-state index contributed by atoms with van der Waals surface area (Å²) in [5, 5.41) is 9.17. The summed E-state index contributed by atoms with van der Waals surface area (Å²) in [6.07, 6.45) is 2.93. The second kappa shape index (κ2) is 5.57. The Labute approximate surface area is 129 Å². The van der Waals surface area contributed by atoms with E-state index in [2.05, 4.69) is 4.98 Å². The van der Waals surface area contributed by atoms with Crippen LogP contribution >= 0.6 is 0 Å². The minimum absolute atomic E-state index is 0.00251. The molecule has 1 N–H and O–H groups in total. The molecule has 6 nitrogen and oxygen atoms in total. The lowest BCUT2D eigenvalue weighted by Crippen LogP contribution is -2.13. The number of rotatable bonds is 4. The monoisotopic (exact) mass is 322 g/mol. The van der Waals surface area contributed by atoms with Gasteiger partial charge in [0, 0.05) is 12.5 Å². The molecule has 22 heavy (non-hydrogen) atoms. The van der Waals surface area contributed by atoms with Gasteiger partial charge < -0.3 is 9.67 Å². The zero-order valence-electron chi connectivity index (χ0n) is 12.9. The van der Waals surface area contributed by atoms with Gasteiger partial charge in [0.15, 0.2) is 9.84 Å². The molecular formula is C15H18N2O4S. The van der Waals surface area contributed by atoms with Gasteiger partial charge in [-0.2, -0.15) is 0 Å². The highest BCUT2D eigenvalue weighted by atomic mass is 32.2. The number of benzene rings is 1. The first-order chi connectivity index (χ1) is 10.1. The number of hydrogen-bond acceptors (Lipinski definition) is 4. The van der Waals surface area contributed by atoms with E-state index in [0.717, 1.165) is 17.8 Å². The van der Waals surface area contributed by atoms with E-state index in [-0.39, 0.29) is 16.0 Å². The topological polar surface area (TPSA) is 89.3 Å². The van der Waals surface area contributed by atoms with Crippen LogP contribution in [0.15, 0.2) is 23.2 Å². The largest absolute Gasteiger partial charge is 0.478 e. The van der Waals surface area contributed by atoms with E-state index in [4.69, 9.17) is 0 Å². The first-order valence-electron chi connectivity index (χ1n) is 6.67. The van der Waals surface area contributed by atoms with Crippen LogP contribution in [-0.2, 0) is 16.4 Å². The van der Waals surface area contributed by atoms with Crippen molar-refractivity contribution in [3.63, 3.8) is 0 Å². The Morgan fingerprint density at radius 3 is 2.36 bits per heavy atom. The molecule has 0 amide bonds. The minimum atomic E-state index is -3.54. The number of sulfone groups is 1. The van der Waals surface area contributed by atoms with Gasteiger partial charge in [-0.05, 0) is 38.0 Å². The maximum absolute atomic E-state index is 12.1. The average Bonchev–Trinajstić information content (AvgIpc) is 2.65. The molecule has 0 aliphatic rings. The lowest BCUT2D eigenvalue weighted by atomic mass is 10.0. The Balaban J connectivity index is 2.64. The first kappa shape index (κ1) is 16.2. The molecule has 0 aliphatic heterocycles. The molecule has 1 aromatic carbocycles. The van der Waals surface area contributed by atoms with Crippen molar-refractivity contribution >= 4 is 15.8 Å². The summed E-state index contributed by atoms with van der Waals surface area (Å²) in [4.78, 5) is 15.6. The van der Waals surface area contributed by atoms with Crippen molar-refractivity contribution < 1.29 is 18.3 Å². The number of imidazole rings is 1. The fourth-order valence-electron chi connectivity index (χ4n) is 2.63. The van der Waals surface area contributed by atoms with Crippen molar-refractivity contribution in [2.45, 2.75) is 32.2 Å². The second-order valence-corrected chi connectivity index (χ2v) is 7.31. The van der Waals surface area contributed by atoms with Gasteiger partial charge in [0.25, 0.3) is 0 Å². The quantitative estimate of drug-likeness (QED) is 0.929. The van der Waals surface area contributed by atoms with Crippen LogP contribution in [0, 0.1) is 20.8 Å². The third kappa shape index (κ3) is 3.04. The van der Waals surface area contributed by atoms with Crippen molar-refractivity contribution in [1.29, 1.82) is 0 Å². The highest BCUT2D eigenvalue weighted by Crippen LogP contribution is 2.25. The van der Waals surface area contributed by atoms with Gasteiger partial charge in [0.1, 0.15) is 5.82 Å². The molecule has 0 aliphatic carbocycles. The standard InChI is InChI=1S/C15H18N2O4S/c1-9-7-17(11(3)16-9)8-12-5-6-13(15(18)19)10(2)14(12)22(4,20)21/h5-7H,8H2,1-4H3,(H,18,19). The van der Waals surface area contributed by atoms with Gasteiger partial charge >= 0.3 is 5.97 Å². The van der Waals surface area contributed by atoms with Crippen LogP contribution in [-0.4, -0.2) is 35.3 Å². The molecule has 0 radical (unpaired) electrons. The van der Waals surface area contributed by atoms with E-state index in [1.54, 1.807) is 6.07 Å². The number of carboxylic acids is 1. The van der Waals surface area contributed by atoms with Gasteiger partial charge in [-0.15, -0.1) is 0 Å².